The smallest absolute Gasteiger partial charge is 0.0936 e. The van der Waals surface area contributed by atoms with Crippen LogP contribution in [0.3, 0.4) is 0 Å². The number of benzene rings is 1. The Labute approximate surface area is 185 Å². The minimum absolute atomic E-state index is 0.302. The van der Waals surface area contributed by atoms with Gasteiger partial charge in [-0.15, -0.1) is 0 Å². The van der Waals surface area contributed by atoms with Crippen LogP contribution in [0.4, 0.5) is 0 Å². The SMILES string of the molecule is CCCCCCC(O)(c1ccccc1)C1CCCN(C(CN)CC2CCCCC2)C1. The monoisotopic (exact) mass is 414 g/mol. The summed E-state index contributed by atoms with van der Waals surface area (Å²) in [6.07, 6.45) is 16.2. The second-order valence-electron chi connectivity index (χ2n) is 10.1. The summed E-state index contributed by atoms with van der Waals surface area (Å²) >= 11 is 0. The van der Waals surface area contributed by atoms with E-state index in [0.29, 0.717) is 12.0 Å². The van der Waals surface area contributed by atoms with Gasteiger partial charge in [0.25, 0.3) is 0 Å². The summed E-state index contributed by atoms with van der Waals surface area (Å²) in [5.74, 6) is 1.16. The molecule has 0 bridgehead atoms. The first-order valence-corrected chi connectivity index (χ1v) is 12.9. The normalized spacial score (nSPS) is 24.4. The maximum Gasteiger partial charge on any atom is 0.0936 e. The van der Waals surface area contributed by atoms with E-state index < -0.39 is 5.60 Å². The van der Waals surface area contributed by atoms with E-state index in [2.05, 4.69) is 42.2 Å². The van der Waals surface area contributed by atoms with Crippen LogP contribution in [0.2, 0.25) is 0 Å². The summed E-state index contributed by atoms with van der Waals surface area (Å²) in [7, 11) is 0. The third-order valence-electron chi connectivity index (χ3n) is 7.93. The quantitative estimate of drug-likeness (QED) is 0.446. The number of unbranched alkanes of at least 4 members (excludes halogenated alkanes) is 3. The van der Waals surface area contributed by atoms with E-state index in [1.807, 2.05) is 0 Å². The fraction of sp³-hybridized carbons (Fsp3) is 0.778. The first kappa shape index (κ1) is 23.8. The molecule has 1 aliphatic heterocycles. The van der Waals surface area contributed by atoms with Crippen molar-refractivity contribution in [1.29, 1.82) is 0 Å². The summed E-state index contributed by atoms with van der Waals surface area (Å²) in [5.41, 5.74) is 6.70. The van der Waals surface area contributed by atoms with Crippen LogP contribution < -0.4 is 5.73 Å². The van der Waals surface area contributed by atoms with Gasteiger partial charge in [0.1, 0.15) is 0 Å². The van der Waals surface area contributed by atoms with Crippen LogP contribution >= 0.6 is 0 Å². The van der Waals surface area contributed by atoms with Gasteiger partial charge in [-0.1, -0.05) is 95.0 Å². The molecule has 30 heavy (non-hydrogen) atoms. The lowest BCUT2D eigenvalue weighted by Crippen LogP contribution is -2.51. The predicted octanol–water partition coefficient (Wildman–Crippen LogP) is 5.85. The number of hydrogen-bond donors (Lipinski definition) is 2. The summed E-state index contributed by atoms with van der Waals surface area (Å²) in [4.78, 5) is 2.64. The van der Waals surface area contributed by atoms with Crippen molar-refractivity contribution in [3.63, 3.8) is 0 Å². The van der Waals surface area contributed by atoms with E-state index in [4.69, 9.17) is 5.73 Å². The largest absolute Gasteiger partial charge is 0.385 e. The molecule has 1 saturated heterocycles. The molecule has 0 radical (unpaired) electrons. The molecule has 2 fully saturated rings. The zero-order valence-electron chi connectivity index (χ0n) is 19.4. The molecule has 3 N–H and O–H groups in total. The lowest BCUT2D eigenvalue weighted by Gasteiger charge is -2.46. The molecule has 1 saturated carbocycles. The number of nitrogens with two attached hydrogens (primary N) is 1. The number of aliphatic hydroxyl groups is 1. The number of hydrogen-bond acceptors (Lipinski definition) is 3. The van der Waals surface area contributed by atoms with E-state index in [-0.39, 0.29) is 0 Å². The fourth-order valence-corrected chi connectivity index (χ4v) is 6.06. The second kappa shape index (κ2) is 12.2. The average Bonchev–Trinajstić information content (AvgIpc) is 2.81. The van der Waals surface area contributed by atoms with Crippen molar-refractivity contribution in [3.8, 4) is 0 Å². The Hall–Kier alpha value is -0.900. The zero-order valence-corrected chi connectivity index (χ0v) is 19.4. The predicted molar refractivity (Wildman–Crippen MR) is 127 cm³/mol. The first-order chi connectivity index (χ1) is 14.7. The molecule has 1 aromatic rings. The Morgan fingerprint density at radius 3 is 2.50 bits per heavy atom. The molecular formula is C27H46N2O. The number of rotatable bonds is 11. The Bertz CT molecular complexity index is 586. The van der Waals surface area contributed by atoms with Gasteiger partial charge >= 0.3 is 0 Å². The molecule has 2 aliphatic rings. The summed E-state index contributed by atoms with van der Waals surface area (Å²) in [6.45, 7) is 5.14. The molecule has 3 heteroatoms. The molecule has 0 spiro atoms. The van der Waals surface area contributed by atoms with Crippen molar-refractivity contribution >= 4 is 0 Å². The van der Waals surface area contributed by atoms with Crippen LogP contribution in [0, 0.1) is 11.8 Å². The Morgan fingerprint density at radius 1 is 1.03 bits per heavy atom. The van der Waals surface area contributed by atoms with E-state index >= 15 is 0 Å². The van der Waals surface area contributed by atoms with Gasteiger partial charge in [0.2, 0.25) is 0 Å². The van der Waals surface area contributed by atoms with Crippen molar-refractivity contribution in [2.75, 3.05) is 19.6 Å². The summed E-state index contributed by atoms with van der Waals surface area (Å²) < 4.78 is 0. The summed E-state index contributed by atoms with van der Waals surface area (Å²) in [6, 6.07) is 11.0. The molecular weight excluding hydrogens is 368 g/mol. The molecule has 0 aromatic heterocycles. The molecule has 1 aromatic carbocycles. The Morgan fingerprint density at radius 2 is 1.80 bits per heavy atom. The maximum atomic E-state index is 12.0. The molecule has 3 nitrogen and oxygen atoms in total. The highest BCUT2D eigenvalue weighted by Gasteiger charge is 2.41. The zero-order chi connectivity index (χ0) is 21.2. The van der Waals surface area contributed by atoms with Crippen LogP contribution in [-0.4, -0.2) is 35.7 Å². The van der Waals surface area contributed by atoms with E-state index in [9.17, 15) is 5.11 Å². The minimum atomic E-state index is -0.711. The van der Waals surface area contributed by atoms with Gasteiger partial charge in [-0.2, -0.15) is 0 Å². The van der Waals surface area contributed by atoms with Crippen LogP contribution in [0.1, 0.15) is 96.0 Å². The van der Waals surface area contributed by atoms with Gasteiger partial charge in [-0.25, -0.2) is 0 Å². The minimum Gasteiger partial charge on any atom is -0.385 e. The first-order valence-electron chi connectivity index (χ1n) is 12.9. The van der Waals surface area contributed by atoms with Gasteiger partial charge in [-0.3, -0.25) is 4.90 Å². The van der Waals surface area contributed by atoms with E-state index in [1.165, 1.54) is 64.2 Å². The average molecular weight is 415 g/mol. The third kappa shape index (κ3) is 6.31. The Balaban J connectivity index is 1.69. The molecule has 3 atom stereocenters. The standard InChI is InChI=1S/C27H46N2O/c1-2-3-4-11-18-27(30,24-15-9-6-10-16-24)25-17-12-19-29(22-25)26(21-28)20-23-13-7-5-8-14-23/h6,9-10,15-16,23,25-26,30H,2-5,7-8,11-14,17-22,28H2,1H3. The van der Waals surface area contributed by atoms with Crippen LogP contribution in [0.25, 0.3) is 0 Å². The molecule has 3 rings (SSSR count). The fourth-order valence-electron chi connectivity index (χ4n) is 6.06. The van der Waals surface area contributed by atoms with Crippen LogP contribution in [0.5, 0.6) is 0 Å². The summed E-state index contributed by atoms with van der Waals surface area (Å²) in [5, 5.41) is 12.0. The highest BCUT2D eigenvalue weighted by atomic mass is 16.3. The molecule has 3 unspecified atom stereocenters. The second-order valence-corrected chi connectivity index (χ2v) is 10.1. The van der Waals surface area contributed by atoms with Crippen LogP contribution in [0.15, 0.2) is 30.3 Å². The molecule has 1 aliphatic carbocycles. The van der Waals surface area contributed by atoms with Gasteiger partial charge in [0, 0.05) is 25.0 Å². The van der Waals surface area contributed by atoms with E-state index in [0.717, 1.165) is 50.4 Å². The van der Waals surface area contributed by atoms with Gasteiger partial charge in [0.15, 0.2) is 0 Å². The van der Waals surface area contributed by atoms with Crippen molar-refractivity contribution in [1.82, 2.24) is 4.90 Å². The molecule has 170 valence electrons. The molecule has 0 amide bonds. The van der Waals surface area contributed by atoms with Crippen LogP contribution in [-0.2, 0) is 5.60 Å². The topological polar surface area (TPSA) is 49.5 Å². The van der Waals surface area contributed by atoms with Crippen molar-refractivity contribution in [2.24, 2.45) is 17.6 Å². The van der Waals surface area contributed by atoms with Gasteiger partial charge in [0.05, 0.1) is 5.60 Å². The third-order valence-corrected chi connectivity index (χ3v) is 7.93. The van der Waals surface area contributed by atoms with E-state index in [1.54, 1.807) is 0 Å². The van der Waals surface area contributed by atoms with Crippen molar-refractivity contribution < 1.29 is 5.11 Å². The van der Waals surface area contributed by atoms with Gasteiger partial charge < -0.3 is 10.8 Å². The number of likely N-dealkylation sites (tertiary alicyclic amines) is 1. The number of nitrogens with zero attached hydrogens (tertiary/aromatic N) is 1. The highest BCUT2D eigenvalue weighted by Crippen LogP contribution is 2.40. The number of piperidine rings is 1. The highest BCUT2D eigenvalue weighted by molar-refractivity contribution is 5.23. The Kier molecular flexibility index (Phi) is 9.67. The van der Waals surface area contributed by atoms with Crippen molar-refractivity contribution in [3.05, 3.63) is 35.9 Å². The maximum absolute atomic E-state index is 12.0. The molecule has 1 heterocycles. The lowest BCUT2D eigenvalue weighted by atomic mass is 9.73. The van der Waals surface area contributed by atoms with Gasteiger partial charge in [-0.05, 0) is 43.7 Å². The lowest BCUT2D eigenvalue weighted by molar-refractivity contribution is -0.0681. The van der Waals surface area contributed by atoms with Crippen molar-refractivity contribution in [2.45, 2.75) is 102 Å².